The van der Waals surface area contributed by atoms with Crippen molar-refractivity contribution in [3.63, 3.8) is 0 Å². The Bertz CT molecular complexity index is 735. The SMILES string of the molecule is Cc1nc(-c2c(N)nsc2N(C)Cc2cccnc2)cs1. The van der Waals surface area contributed by atoms with Crippen LogP contribution in [0.3, 0.4) is 0 Å². The highest BCUT2D eigenvalue weighted by atomic mass is 32.1. The Balaban J connectivity index is 1.92. The molecular weight excluding hydrogens is 302 g/mol. The van der Waals surface area contributed by atoms with Gasteiger partial charge in [0.2, 0.25) is 0 Å². The monoisotopic (exact) mass is 317 g/mol. The van der Waals surface area contributed by atoms with Crippen molar-refractivity contribution in [2.24, 2.45) is 0 Å². The number of hydrogen-bond acceptors (Lipinski definition) is 7. The third-order valence-electron chi connectivity index (χ3n) is 3.06. The second kappa shape index (κ2) is 5.79. The Kier molecular flexibility index (Phi) is 3.85. The fraction of sp³-hybridized carbons (Fsp3) is 0.214. The second-order valence-electron chi connectivity index (χ2n) is 4.72. The molecule has 0 amide bonds. The molecule has 0 saturated heterocycles. The summed E-state index contributed by atoms with van der Waals surface area (Å²) >= 11 is 3.02. The third-order valence-corrected chi connectivity index (χ3v) is 4.82. The first-order chi connectivity index (χ1) is 10.1. The third kappa shape index (κ3) is 2.88. The predicted molar refractivity (Wildman–Crippen MR) is 88.7 cm³/mol. The maximum atomic E-state index is 6.04. The molecule has 0 aliphatic carbocycles. The van der Waals surface area contributed by atoms with Crippen LogP contribution in [0.2, 0.25) is 0 Å². The predicted octanol–water partition coefficient (Wildman–Crippen LogP) is 3.19. The zero-order valence-corrected chi connectivity index (χ0v) is 13.4. The number of hydrogen-bond donors (Lipinski definition) is 1. The van der Waals surface area contributed by atoms with Crippen molar-refractivity contribution in [2.45, 2.75) is 13.5 Å². The first-order valence-corrected chi connectivity index (χ1v) is 8.08. The van der Waals surface area contributed by atoms with Crippen molar-refractivity contribution in [1.29, 1.82) is 0 Å². The Labute approximate surface area is 131 Å². The molecule has 0 bridgehead atoms. The van der Waals surface area contributed by atoms with E-state index in [2.05, 4.69) is 25.3 Å². The minimum atomic E-state index is 0.540. The summed E-state index contributed by atoms with van der Waals surface area (Å²) in [7, 11) is 2.03. The molecule has 0 atom stereocenters. The summed E-state index contributed by atoms with van der Waals surface area (Å²) in [5.41, 5.74) is 9.01. The number of thiazole rings is 1. The van der Waals surface area contributed by atoms with Gasteiger partial charge in [-0.25, -0.2) is 4.98 Å². The van der Waals surface area contributed by atoms with Crippen LogP contribution >= 0.6 is 22.9 Å². The topological polar surface area (TPSA) is 67.9 Å². The normalized spacial score (nSPS) is 10.8. The molecule has 0 aliphatic rings. The van der Waals surface area contributed by atoms with E-state index in [9.17, 15) is 0 Å². The molecule has 3 rings (SSSR count). The van der Waals surface area contributed by atoms with Crippen LogP contribution in [0.4, 0.5) is 10.8 Å². The maximum Gasteiger partial charge on any atom is 0.148 e. The van der Waals surface area contributed by atoms with Crippen LogP contribution in [-0.4, -0.2) is 21.4 Å². The van der Waals surface area contributed by atoms with E-state index in [1.165, 1.54) is 11.5 Å². The van der Waals surface area contributed by atoms with Gasteiger partial charge in [-0.05, 0) is 30.1 Å². The van der Waals surface area contributed by atoms with Crippen molar-refractivity contribution in [3.05, 3.63) is 40.5 Å². The van der Waals surface area contributed by atoms with Crippen LogP contribution in [-0.2, 0) is 6.54 Å². The molecule has 0 unspecified atom stereocenters. The lowest BCUT2D eigenvalue weighted by molar-refractivity contribution is 0.927. The van der Waals surface area contributed by atoms with E-state index in [-0.39, 0.29) is 0 Å². The minimum Gasteiger partial charge on any atom is -0.382 e. The van der Waals surface area contributed by atoms with Crippen molar-refractivity contribution in [2.75, 3.05) is 17.7 Å². The van der Waals surface area contributed by atoms with Crippen LogP contribution in [0.15, 0.2) is 29.9 Å². The number of nitrogens with two attached hydrogens (primary N) is 1. The number of nitrogens with zero attached hydrogens (tertiary/aromatic N) is 4. The molecule has 3 aromatic rings. The van der Waals surface area contributed by atoms with Gasteiger partial charge in [0.05, 0.1) is 16.3 Å². The largest absolute Gasteiger partial charge is 0.382 e. The first-order valence-electron chi connectivity index (χ1n) is 6.43. The summed E-state index contributed by atoms with van der Waals surface area (Å²) in [4.78, 5) is 10.8. The summed E-state index contributed by atoms with van der Waals surface area (Å²) in [6.45, 7) is 2.74. The van der Waals surface area contributed by atoms with Crippen LogP contribution < -0.4 is 10.6 Å². The van der Waals surface area contributed by atoms with E-state index in [0.29, 0.717) is 5.82 Å². The summed E-state index contributed by atoms with van der Waals surface area (Å²) < 4.78 is 4.29. The Morgan fingerprint density at radius 3 is 2.90 bits per heavy atom. The van der Waals surface area contributed by atoms with E-state index >= 15 is 0 Å². The molecule has 3 aromatic heterocycles. The van der Waals surface area contributed by atoms with E-state index in [4.69, 9.17) is 5.73 Å². The lowest BCUT2D eigenvalue weighted by Gasteiger charge is -2.18. The number of pyridine rings is 1. The average Bonchev–Trinajstić information content (AvgIpc) is 3.05. The van der Waals surface area contributed by atoms with Gasteiger partial charge in [-0.3, -0.25) is 4.98 Å². The average molecular weight is 317 g/mol. The van der Waals surface area contributed by atoms with Crippen LogP contribution in [0, 0.1) is 6.92 Å². The zero-order valence-electron chi connectivity index (χ0n) is 11.8. The molecule has 7 heteroatoms. The fourth-order valence-corrected chi connectivity index (χ4v) is 3.49. The summed E-state index contributed by atoms with van der Waals surface area (Å²) in [6.07, 6.45) is 3.64. The van der Waals surface area contributed by atoms with Gasteiger partial charge >= 0.3 is 0 Å². The van der Waals surface area contributed by atoms with E-state index < -0.39 is 0 Å². The minimum absolute atomic E-state index is 0.540. The van der Waals surface area contributed by atoms with E-state index in [1.807, 2.05) is 31.6 Å². The fourth-order valence-electron chi connectivity index (χ4n) is 2.11. The van der Waals surface area contributed by atoms with Gasteiger partial charge in [-0.2, -0.15) is 4.37 Å². The smallest absolute Gasteiger partial charge is 0.148 e. The van der Waals surface area contributed by atoms with E-state index in [1.54, 1.807) is 17.5 Å². The lowest BCUT2D eigenvalue weighted by atomic mass is 10.2. The highest BCUT2D eigenvalue weighted by molar-refractivity contribution is 7.11. The van der Waals surface area contributed by atoms with Gasteiger partial charge < -0.3 is 10.6 Å². The van der Waals surface area contributed by atoms with Gasteiger partial charge in [0.25, 0.3) is 0 Å². The summed E-state index contributed by atoms with van der Waals surface area (Å²) in [5.74, 6) is 0.540. The molecule has 3 heterocycles. The maximum absolute atomic E-state index is 6.04. The van der Waals surface area contributed by atoms with Crippen LogP contribution in [0.25, 0.3) is 11.3 Å². The highest BCUT2D eigenvalue weighted by Crippen LogP contribution is 2.39. The van der Waals surface area contributed by atoms with Crippen LogP contribution in [0.1, 0.15) is 10.6 Å². The van der Waals surface area contributed by atoms with Gasteiger partial charge in [0.15, 0.2) is 0 Å². The van der Waals surface area contributed by atoms with Crippen molar-refractivity contribution >= 4 is 33.7 Å². The van der Waals surface area contributed by atoms with Crippen molar-refractivity contribution in [1.82, 2.24) is 14.3 Å². The van der Waals surface area contributed by atoms with Gasteiger partial charge in [0, 0.05) is 31.4 Å². The summed E-state index contributed by atoms with van der Waals surface area (Å²) in [5, 5.41) is 4.08. The Hall–Kier alpha value is -1.99. The van der Waals surface area contributed by atoms with E-state index in [0.717, 1.165) is 33.4 Å². The zero-order chi connectivity index (χ0) is 14.8. The number of aromatic nitrogens is 3. The molecule has 0 aliphatic heterocycles. The Morgan fingerprint density at radius 2 is 2.24 bits per heavy atom. The molecule has 0 radical (unpaired) electrons. The van der Waals surface area contributed by atoms with Crippen LogP contribution in [0.5, 0.6) is 0 Å². The molecule has 21 heavy (non-hydrogen) atoms. The molecule has 2 N–H and O–H groups in total. The van der Waals surface area contributed by atoms with Gasteiger partial charge in [0.1, 0.15) is 10.8 Å². The Morgan fingerprint density at radius 1 is 1.38 bits per heavy atom. The quantitative estimate of drug-likeness (QED) is 0.800. The first kappa shape index (κ1) is 14.0. The second-order valence-corrected chi connectivity index (χ2v) is 6.53. The van der Waals surface area contributed by atoms with Gasteiger partial charge in [-0.1, -0.05) is 6.07 Å². The highest BCUT2D eigenvalue weighted by Gasteiger charge is 2.19. The molecule has 0 aromatic carbocycles. The molecule has 108 valence electrons. The molecular formula is C14H15N5S2. The standard InChI is InChI=1S/C14H15N5S2/c1-9-17-11(8-20-9)12-13(15)18-21-14(12)19(2)7-10-4-3-5-16-6-10/h3-6,8H,7H2,1-2H3,(H2,15,18). The van der Waals surface area contributed by atoms with Gasteiger partial charge in [-0.15, -0.1) is 11.3 Å². The number of anilines is 2. The molecule has 0 fully saturated rings. The number of aryl methyl sites for hydroxylation is 1. The molecule has 0 spiro atoms. The number of rotatable bonds is 4. The van der Waals surface area contributed by atoms with Crippen molar-refractivity contribution < 1.29 is 0 Å². The number of nitrogen functional groups attached to an aromatic ring is 1. The summed E-state index contributed by atoms with van der Waals surface area (Å²) in [6, 6.07) is 4.00. The molecule has 0 saturated carbocycles. The van der Waals surface area contributed by atoms with Crippen molar-refractivity contribution in [3.8, 4) is 11.3 Å². The molecule has 5 nitrogen and oxygen atoms in total. The lowest BCUT2D eigenvalue weighted by Crippen LogP contribution is -2.16.